The summed E-state index contributed by atoms with van der Waals surface area (Å²) in [6.07, 6.45) is 0. The van der Waals surface area contributed by atoms with Gasteiger partial charge in [-0.3, -0.25) is 4.79 Å². The summed E-state index contributed by atoms with van der Waals surface area (Å²) in [7, 11) is 0. The van der Waals surface area contributed by atoms with Crippen LogP contribution in [0.15, 0.2) is 48.5 Å². The van der Waals surface area contributed by atoms with Crippen LogP contribution in [0, 0.1) is 6.92 Å². The quantitative estimate of drug-likeness (QED) is 0.876. The summed E-state index contributed by atoms with van der Waals surface area (Å²) >= 11 is 0. The number of primary amides is 1. The Balaban J connectivity index is 2.03. The molecule has 2 aromatic rings. The summed E-state index contributed by atoms with van der Waals surface area (Å²) in [4.78, 5) is 10.9. The van der Waals surface area contributed by atoms with Gasteiger partial charge in [-0.2, -0.15) is 0 Å². The molecule has 1 unspecified atom stereocenters. The highest BCUT2D eigenvalue weighted by molar-refractivity contribution is 5.79. The Hall–Kier alpha value is -2.13. The second-order valence-electron chi connectivity index (χ2n) is 5.07. The molecule has 3 heteroatoms. The molecule has 3 nitrogen and oxygen atoms in total. The van der Waals surface area contributed by atoms with Crippen molar-refractivity contribution in [3.05, 3.63) is 59.7 Å². The first kappa shape index (κ1) is 14.3. The standard InChI is InChI=1S/C17H20N2O/c1-12-3-7-15(8-4-12)16-9-5-14(6-10-16)11-19-13(2)17(18)20/h3-10,13,19H,11H2,1-2H3,(H2,18,20). The molecule has 0 saturated carbocycles. The predicted molar refractivity (Wildman–Crippen MR) is 82.1 cm³/mol. The highest BCUT2D eigenvalue weighted by atomic mass is 16.1. The molecule has 3 N–H and O–H groups in total. The van der Waals surface area contributed by atoms with Crippen molar-refractivity contribution in [2.24, 2.45) is 5.73 Å². The SMILES string of the molecule is Cc1ccc(-c2ccc(CNC(C)C(N)=O)cc2)cc1. The zero-order valence-electron chi connectivity index (χ0n) is 11.9. The Morgan fingerprint density at radius 2 is 1.55 bits per heavy atom. The number of hydrogen-bond acceptors (Lipinski definition) is 2. The lowest BCUT2D eigenvalue weighted by molar-refractivity contribution is -0.119. The Bertz CT molecular complexity index is 573. The molecule has 2 aromatic carbocycles. The maximum atomic E-state index is 10.9. The van der Waals surface area contributed by atoms with Crippen LogP contribution in [0.4, 0.5) is 0 Å². The summed E-state index contributed by atoms with van der Waals surface area (Å²) in [5.74, 6) is -0.332. The molecule has 0 bridgehead atoms. The largest absolute Gasteiger partial charge is 0.368 e. The van der Waals surface area contributed by atoms with Gasteiger partial charge in [0, 0.05) is 6.54 Å². The van der Waals surface area contributed by atoms with Crippen LogP contribution < -0.4 is 11.1 Å². The van der Waals surface area contributed by atoms with E-state index < -0.39 is 0 Å². The van der Waals surface area contributed by atoms with Gasteiger partial charge in [0.1, 0.15) is 0 Å². The lowest BCUT2D eigenvalue weighted by atomic mass is 10.0. The molecular weight excluding hydrogens is 248 g/mol. The molecule has 1 amide bonds. The van der Waals surface area contributed by atoms with Gasteiger partial charge in [-0.05, 0) is 30.5 Å². The van der Waals surface area contributed by atoms with Gasteiger partial charge in [-0.15, -0.1) is 0 Å². The van der Waals surface area contributed by atoms with Crippen LogP contribution in [0.1, 0.15) is 18.1 Å². The molecule has 20 heavy (non-hydrogen) atoms. The third-order valence-electron chi connectivity index (χ3n) is 3.38. The smallest absolute Gasteiger partial charge is 0.234 e. The van der Waals surface area contributed by atoms with Crippen molar-refractivity contribution in [3.8, 4) is 11.1 Å². The van der Waals surface area contributed by atoms with Crippen molar-refractivity contribution in [1.82, 2.24) is 5.32 Å². The van der Waals surface area contributed by atoms with Gasteiger partial charge in [-0.1, -0.05) is 54.1 Å². The van der Waals surface area contributed by atoms with E-state index in [1.165, 1.54) is 16.7 Å². The van der Waals surface area contributed by atoms with Crippen LogP contribution in [-0.2, 0) is 11.3 Å². The minimum absolute atomic E-state index is 0.313. The summed E-state index contributed by atoms with van der Waals surface area (Å²) < 4.78 is 0. The van der Waals surface area contributed by atoms with Crippen LogP contribution in [0.25, 0.3) is 11.1 Å². The first-order valence-corrected chi connectivity index (χ1v) is 6.75. The molecular formula is C17H20N2O. The molecule has 0 heterocycles. The molecule has 2 rings (SSSR count). The van der Waals surface area contributed by atoms with Crippen LogP contribution in [0.3, 0.4) is 0 Å². The van der Waals surface area contributed by atoms with Crippen LogP contribution in [0.5, 0.6) is 0 Å². The fourth-order valence-corrected chi connectivity index (χ4v) is 1.93. The summed E-state index contributed by atoms with van der Waals surface area (Å²) in [6, 6.07) is 16.5. The van der Waals surface area contributed by atoms with Gasteiger partial charge in [0.2, 0.25) is 5.91 Å². The molecule has 0 aliphatic carbocycles. The molecule has 0 aromatic heterocycles. The summed E-state index contributed by atoms with van der Waals surface area (Å²) in [5.41, 5.74) is 10.0. The number of aryl methyl sites for hydroxylation is 1. The molecule has 104 valence electrons. The highest BCUT2D eigenvalue weighted by Crippen LogP contribution is 2.20. The number of carbonyl (C=O) groups is 1. The van der Waals surface area contributed by atoms with Crippen LogP contribution in [0.2, 0.25) is 0 Å². The lowest BCUT2D eigenvalue weighted by Gasteiger charge is -2.10. The zero-order valence-corrected chi connectivity index (χ0v) is 11.9. The van der Waals surface area contributed by atoms with Crippen molar-refractivity contribution in [2.75, 3.05) is 0 Å². The number of benzene rings is 2. The second-order valence-corrected chi connectivity index (χ2v) is 5.07. The maximum absolute atomic E-state index is 10.9. The van der Waals surface area contributed by atoms with Gasteiger partial charge >= 0.3 is 0 Å². The molecule has 0 fully saturated rings. The summed E-state index contributed by atoms with van der Waals surface area (Å²) in [6.45, 7) is 4.49. The maximum Gasteiger partial charge on any atom is 0.234 e. The molecule has 1 atom stereocenters. The van der Waals surface area contributed by atoms with E-state index in [1.54, 1.807) is 6.92 Å². The van der Waals surface area contributed by atoms with Crippen molar-refractivity contribution in [1.29, 1.82) is 0 Å². The fourth-order valence-electron chi connectivity index (χ4n) is 1.93. The van der Waals surface area contributed by atoms with Gasteiger partial charge in [0.15, 0.2) is 0 Å². The third-order valence-corrected chi connectivity index (χ3v) is 3.38. The second kappa shape index (κ2) is 6.35. The molecule has 0 aliphatic rings. The van der Waals surface area contributed by atoms with Gasteiger partial charge in [0.25, 0.3) is 0 Å². The van der Waals surface area contributed by atoms with Crippen molar-refractivity contribution in [2.45, 2.75) is 26.4 Å². The predicted octanol–water partition coefficient (Wildman–Crippen LogP) is 2.63. The Labute approximate surface area is 119 Å². The topological polar surface area (TPSA) is 55.1 Å². The van der Waals surface area contributed by atoms with E-state index >= 15 is 0 Å². The van der Waals surface area contributed by atoms with E-state index in [0.29, 0.717) is 6.54 Å². The van der Waals surface area contributed by atoms with E-state index in [4.69, 9.17) is 5.73 Å². The highest BCUT2D eigenvalue weighted by Gasteiger charge is 2.06. The number of nitrogens with two attached hydrogens (primary N) is 1. The Morgan fingerprint density at radius 3 is 2.05 bits per heavy atom. The normalized spacial score (nSPS) is 12.1. The monoisotopic (exact) mass is 268 g/mol. The zero-order chi connectivity index (χ0) is 14.5. The fraction of sp³-hybridized carbons (Fsp3) is 0.235. The first-order chi connectivity index (χ1) is 9.56. The van der Waals surface area contributed by atoms with E-state index in [0.717, 1.165) is 5.56 Å². The van der Waals surface area contributed by atoms with Crippen molar-refractivity contribution in [3.63, 3.8) is 0 Å². The molecule has 0 aliphatic heterocycles. The van der Waals surface area contributed by atoms with Crippen molar-refractivity contribution >= 4 is 5.91 Å². The van der Waals surface area contributed by atoms with Gasteiger partial charge in [-0.25, -0.2) is 0 Å². The van der Waals surface area contributed by atoms with Gasteiger partial charge < -0.3 is 11.1 Å². The van der Waals surface area contributed by atoms with Gasteiger partial charge in [0.05, 0.1) is 6.04 Å². The van der Waals surface area contributed by atoms with E-state index in [-0.39, 0.29) is 11.9 Å². The van der Waals surface area contributed by atoms with Crippen LogP contribution >= 0.6 is 0 Å². The molecule has 0 radical (unpaired) electrons. The van der Waals surface area contributed by atoms with Crippen molar-refractivity contribution < 1.29 is 4.79 Å². The lowest BCUT2D eigenvalue weighted by Crippen LogP contribution is -2.38. The minimum atomic E-state index is -0.332. The number of nitrogens with one attached hydrogen (secondary N) is 1. The summed E-state index contributed by atoms with van der Waals surface area (Å²) in [5, 5.41) is 3.09. The Kier molecular flexibility index (Phi) is 4.53. The van der Waals surface area contributed by atoms with E-state index in [9.17, 15) is 4.79 Å². The number of hydrogen-bond donors (Lipinski definition) is 2. The van der Waals surface area contributed by atoms with Crippen LogP contribution in [-0.4, -0.2) is 11.9 Å². The van der Waals surface area contributed by atoms with E-state index in [1.807, 2.05) is 0 Å². The average Bonchev–Trinajstić information content (AvgIpc) is 2.46. The third kappa shape index (κ3) is 3.68. The molecule has 0 spiro atoms. The Morgan fingerprint density at radius 1 is 1.05 bits per heavy atom. The molecule has 0 saturated heterocycles. The average molecular weight is 268 g/mol. The first-order valence-electron chi connectivity index (χ1n) is 6.75. The number of rotatable bonds is 5. The van der Waals surface area contributed by atoms with E-state index in [2.05, 4.69) is 60.8 Å². The minimum Gasteiger partial charge on any atom is -0.368 e. The number of carbonyl (C=O) groups excluding carboxylic acids is 1. The number of amides is 1.